The van der Waals surface area contributed by atoms with E-state index in [1.165, 1.54) is 13.3 Å². The van der Waals surface area contributed by atoms with Crippen molar-refractivity contribution in [3.63, 3.8) is 0 Å². The van der Waals surface area contributed by atoms with E-state index >= 15 is 0 Å². The van der Waals surface area contributed by atoms with E-state index in [9.17, 15) is 4.79 Å². The quantitative estimate of drug-likeness (QED) is 0.825. The Labute approximate surface area is 104 Å². The van der Waals surface area contributed by atoms with Gasteiger partial charge in [0, 0.05) is 17.6 Å². The average Bonchev–Trinajstić information content (AvgIpc) is 2.39. The zero-order valence-electron chi connectivity index (χ0n) is 10.1. The largest absolute Gasteiger partial charge is 0.481 e. The number of ether oxygens (including phenoxy) is 2. The number of anilines is 1. The molecule has 18 heavy (non-hydrogen) atoms. The highest BCUT2D eigenvalue weighted by Crippen LogP contribution is 2.24. The van der Waals surface area contributed by atoms with Gasteiger partial charge in [-0.2, -0.15) is 0 Å². The number of carbonyl (C=O) groups is 1. The lowest BCUT2D eigenvalue weighted by atomic mass is 10.1. The normalized spacial score (nSPS) is 10.3. The summed E-state index contributed by atoms with van der Waals surface area (Å²) < 4.78 is 9.97. The zero-order chi connectivity index (χ0) is 13.1. The molecule has 0 unspecified atom stereocenters. The molecule has 94 valence electrons. The lowest BCUT2D eigenvalue weighted by Gasteiger charge is -2.08. The number of methoxy groups -OCH3 is 1. The van der Waals surface area contributed by atoms with Gasteiger partial charge >= 0.3 is 5.97 Å². The van der Waals surface area contributed by atoms with Gasteiger partial charge < -0.3 is 15.2 Å². The Hall–Kier alpha value is -2.37. The van der Waals surface area contributed by atoms with Crippen LogP contribution in [-0.4, -0.2) is 29.7 Å². The van der Waals surface area contributed by atoms with Crippen molar-refractivity contribution in [1.82, 2.24) is 9.97 Å². The third-order valence-corrected chi connectivity index (χ3v) is 2.44. The summed E-state index contributed by atoms with van der Waals surface area (Å²) in [6, 6.07) is 3.37. The summed E-state index contributed by atoms with van der Waals surface area (Å²) in [5, 5.41) is 0.599. The van der Waals surface area contributed by atoms with Crippen LogP contribution in [0, 0.1) is 0 Å². The second-order valence-corrected chi connectivity index (χ2v) is 3.53. The number of esters is 1. The van der Waals surface area contributed by atoms with E-state index in [2.05, 4.69) is 9.97 Å². The van der Waals surface area contributed by atoms with E-state index in [4.69, 9.17) is 15.2 Å². The summed E-state index contributed by atoms with van der Waals surface area (Å²) in [5.41, 5.74) is 6.52. The number of hydrogen-bond donors (Lipinski definition) is 1. The van der Waals surface area contributed by atoms with Crippen LogP contribution in [0.25, 0.3) is 10.9 Å². The topological polar surface area (TPSA) is 87.3 Å². The van der Waals surface area contributed by atoms with E-state index in [1.54, 1.807) is 19.1 Å². The molecule has 2 aromatic rings. The molecule has 0 amide bonds. The molecule has 0 radical (unpaired) electrons. The summed E-state index contributed by atoms with van der Waals surface area (Å²) in [6.45, 7) is 2.04. The summed E-state index contributed by atoms with van der Waals surface area (Å²) in [7, 11) is 1.51. The molecule has 2 heterocycles. The van der Waals surface area contributed by atoms with E-state index in [-0.39, 0.29) is 5.82 Å². The second-order valence-electron chi connectivity index (χ2n) is 3.53. The van der Waals surface area contributed by atoms with Crippen LogP contribution in [0.4, 0.5) is 5.82 Å². The van der Waals surface area contributed by atoms with E-state index < -0.39 is 5.97 Å². The monoisotopic (exact) mass is 247 g/mol. The van der Waals surface area contributed by atoms with Crippen molar-refractivity contribution in [1.29, 1.82) is 0 Å². The van der Waals surface area contributed by atoms with Crippen LogP contribution in [-0.2, 0) is 4.74 Å². The second kappa shape index (κ2) is 4.87. The van der Waals surface area contributed by atoms with Gasteiger partial charge in [-0.1, -0.05) is 0 Å². The van der Waals surface area contributed by atoms with Gasteiger partial charge in [0.25, 0.3) is 0 Å². The van der Waals surface area contributed by atoms with Crippen LogP contribution >= 0.6 is 0 Å². The summed E-state index contributed by atoms with van der Waals surface area (Å²) in [6.07, 6.45) is 1.39. The molecule has 0 atom stereocenters. The summed E-state index contributed by atoms with van der Waals surface area (Å²) in [4.78, 5) is 19.9. The smallest absolute Gasteiger partial charge is 0.340 e. The van der Waals surface area contributed by atoms with Gasteiger partial charge in [0.2, 0.25) is 5.88 Å². The van der Waals surface area contributed by atoms with Crippen LogP contribution < -0.4 is 10.5 Å². The first-order valence-electron chi connectivity index (χ1n) is 5.43. The van der Waals surface area contributed by atoms with E-state index in [0.29, 0.717) is 29.0 Å². The number of pyridine rings is 2. The number of hydrogen-bond acceptors (Lipinski definition) is 6. The fourth-order valence-electron chi connectivity index (χ4n) is 1.60. The predicted molar refractivity (Wildman–Crippen MR) is 66.5 cm³/mol. The van der Waals surface area contributed by atoms with Crippen molar-refractivity contribution in [2.24, 2.45) is 0 Å². The van der Waals surface area contributed by atoms with Gasteiger partial charge in [0.05, 0.1) is 19.3 Å². The summed E-state index contributed by atoms with van der Waals surface area (Å²) in [5.74, 6) is 0.218. The molecule has 0 aliphatic heterocycles. The molecule has 6 nitrogen and oxygen atoms in total. The molecular formula is C12H13N3O3. The minimum Gasteiger partial charge on any atom is -0.481 e. The first-order chi connectivity index (χ1) is 8.67. The number of rotatable bonds is 3. The molecule has 6 heteroatoms. The van der Waals surface area contributed by atoms with E-state index in [1.807, 2.05) is 0 Å². The zero-order valence-corrected chi connectivity index (χ0v) is 10.1. The van der Waals surface area contributed by atoms with Crippen molar-refractivity contribution in [2.75, 3.05) is 19.5 Å². The third-order valence-electron chi connectivity index (χ3n) is 2.44. The van der Waals surface area contributed by atoms with Crippen LogP contribution in [0.2, 0.25) is 0 Å². The Morgan fingerprint density at radius 2 is 2.22 bits per heavy atom. The molecule has 0 aliphatic rings. The fraction of sp³-hybridized carbons (Fsp3) is 0.250. The maximum atomic E-state index is 11.8. The van der Waals surface area contributed by atoms with Gasteiger partial charge in [-0.05, 0) is 13.0 Å². The first kappa shape index (κ1) is 12.1. The molecule has 0 fully saturated rings. The molecule has 0 spiro atoms. The molecule has 2 rings (SSSR count). The Bertz CT molecular complexity index is 598. The maximum absolute atomic E-state index is 11.8. The Balaban J connectivity index is 2.63. The van der Waals surface area contributed by atoms with Crippen LogP contribution in [0.1, 0.15) is 17.3 Å². The predicted octanol–water partition coefficient (Wildman–Crippen LogP) is 1.40. The molecule has 0 aromatic carbocycles. The van der Waals surface area contributed by atoms with Crippen molar-refractivity contribution in [2.45, 2.75) is 6.92 Å². The fourth-order valence-corrected chi connectivity index (χ4v) is 1.60. The number of nitrogens with two attached hydrogens (primary N) is 1. The SMILES string of the molecule is CCOC(=O)c1cnc(N)c2nc(OC)ccc12. The lowest BCUT2D eigenvalue weighted by Crippen LogP contribution is -2.08. The number of carbonyl (C=O) groups excluding carboxylic acids is 1. The van der Waals surface area contributed by atoms with Gasteiger partial charge in [0.1, 0.15) is 11.3 Å². The van der Waals surface area contributed by atoms with Gasteiger partial charge in [0.15, 0.2) is 0 Å². The number of aromatic nitrogens is 2. The van der Waals surface area contributed by atoms with Crippen molar-refractivity contribution >= 4 is 22.7 Å². The van der Waals surface area contributed by atoms with Crippen molar-refractivity contribution in [3.8, 4) is 5.88 Å². The Kier molecular flexibility index (Phi) is 3.27. The standard InChI is InChI=1S/C12H13N3O3/c1-3-18-12(16)8-6-14-11(13)10-7(8)4-5-9(15-10)17-2/h4-6H,3H2,1-2H3,(H2,13,14). The Morgan fingerprint density at radius 3 is 2.89 bits per heavy atom. The Morgan fingerprint density at radius 1 is 1.44 bits per heavy atom. The number of fused-ring (bicyclic) bond motifs is 1. The van der Waals surface area contributed by atoms with Crippen molar-refractivity contribution < 1.29 is 14.3 Å². The lowest BCUT2D eigenvalue weighted by molar-refractivity contribution is 0.0528. The highest BCUT2D eigenvalue weighted by Gasteiger charge is 2.15. The molecule has 0 bridgehead atoms. The highest BCUT2D eigenvalue weighted by molar-refractivity contribution is 6.05. The van der Waals surface area contributed by atoms with Crippen LogP contribution in [0.15, 0.2) is 18.3 Å². The third kappa shape index (κ3) is 2.04. The van der Waals surface area contributed by atoms with Gasteiger partial charge in [-0.3, -0.25) is 0 Å². The molecule has 0 saturated carbocycles. The average molecular weight is 247 g/mol. The van der Waals surface area contributed by atoms with Crippen molar-refractivity contribution in [3.05, 3.63) is 23.9 Å². The van der Waals surface area contributed by atoms with E-state index in [0.717, 1.165) is 0 Å². The van der Waals surface area contributed by atoms with Crippen LogP contribution in [0.5, 0.6) is 5.88 Å². The molecule has 0 saturated heterocycles. The summed E-state index contributed by atoms with van der Waals surface area (Å²) >= 11 is 0. The molecule has 2 N–H and O–H groups in total. The van der Waals surface area contributed by atoms with Gasteiger partial charge in [-0.25, -0.2) is 14.8 Å². The van der Waals surface area contributed by atoms with Crippen LogP contribution in [0.3, 0.4) is 0 Å². The maximum Gasteiger partial charge on any atom is 0.340 e. The first-order valence-corrected chi connectivity index (χ1v) is 5.43. The minimum atomic E-state index is -0.443. The highest BCUT2D eigenvalue weighted by atomic mass is 16.5. The molecular weight excluding hydrogens is 234 g/mol. The minimum absolute atomic E-state index is 0.247. The van der Waals surface area contributed by atoms with Gasteiger partial charge in [-0.15, -0.1) is 0 Å². The number of nitrogens with zero attached hydrogens (tertiary/aromatic N) is 2. The molecule has 0 aliphatic carbocycles. The number of nitrogen functional groups attached to an aromatic ring is 1. The molecule has 2 aromatic heterocycles.